The van der Waals surface area contributed by atoms with Crippen molar-refractivity contribution in [3.05, 3.63) is 95.7 Å². The first-order valence-corrected chi connectivity index (χ1v) is 15.0. The van der Waals surface area contributed by atoms with Gasteiger partial charge in [0.25, 0.3) is 5.91 Å². The normalized spacial score (nSPS) is 10.8. The number of likely N-dealkylation sites (N-methyl/N-ethyl adjacent to an activating group) is 2. The Bertz CT molecular complexity index is 1650. The molecule has 0 aliphatic carbocycles. The van der Waals surface area contributed by atoms with E-state index in [1.54, 1.807) is 54.4 Å². The molecule has 0 unspecified atom stereocenters. The zero-order valence-electron chi connectivity index (χ0n) is 27.0. The minimum absolute atomic E-state index is 0.0655. The topological polar surface area (TPSA) is 109 Å². The molecule has 3 aromatic carbocycles. The standard InChI is InChI=1S/C34H38F2N6O5/c1-6-41(7-2)20-19-40(3)32(43)23-11-13-25(14-12-23)38-33-37-18-17-30(39-33)42(22-24-21-26(45-4)15-16-29(24)46-5)34(44)47-31-27(35)9-8-10-28(31)36/h8-18,21H,6-7,19-20,22H2,1-5H3,(H,37,38,39). The molecule has 0 saturated carbocycles. The maximum absolute atomic E-state index is 14.4. The van der Waals surface area contributed by atoms with Crippen molar-refractivity contribution in [3.8, 4) is 17.2 Å². The molecule has 0 bridgehead atoms. The molecule has 0 aliphatic heterocycles. The van der Waals surface area contributed by atoms with E-state index in [1.165, 1.54) is 26.5 Å². The number of nitrogens with zero attached hydrogens (tertiary/aromatic N) is 5. The molecule has 4 rings (SSSR count). The van der Waals surface area contributed by atoms with Crippen molar-refractivity contribution in [2.45, 2.75) is 20.4 Å². The van der Waals surface area contributed by atoms with E-state index in [9.17, 15) is 18.4 Å². The summed E-state index contributed by atoms with van der Waals surface area (Å²) in [6.07, 6.45) is 0.316. The van der Waals surface area contributed by atoms with E-state index in [4.69, 9.17) is 14.2 Å². The van der Waals surface area contributed by atoms with Crippen LogP contribution < -0.4 is 24.4 Å². The van der Waals surface area contributed by atoms with Crippen molar-refractivity contribution in [1.29, 1.82) is 0 Å². The Morgan fingerprint density at radius 2 is 1.60 bits per heavy atom. The van der Waals surface area contributed by atoms with Gasteiger partial charge < -0.3 is 29.3 Å². The highest BCUT2D eigenvalue weighted by Gasteiger charge is 2.25. The minimum Gasteiger partial charge on any atom is -0.497 e. The molecular formula is C34H38F2N6O5. The van der Waals surface area contributed by atoms with Crippen LogP contribution in [0.3, 0.4) is 0 Å². The summed E-state index contributed by atoms with van der Waals surface area (Å²) >= 11 is 0. The lowest BCUT2D eigenvalue weighted by Gasteiger charge is -2.23. The lowest BCUT2D eigenvalue weighted by molar-refractivity contribution is 0.0779. The molecule has 1 aromatic heterocycles. The molecule has 13 heteroatoms. The van der Waals surface area contributed by atoms with Crippen molar-refractivity contribution in [2.24, 2.45) is 0 Å². The van der Waals surface area contributed by atoms with E-state index in [1.807, 2.05) is 0 Å². The summed E-state index contributed by atoms with van der Waals surface area (Å²) in [7, 11) is 4.74. The summed E-state index contributed by atoms with van der Waals surface area (Å²) in [5, 5.41) is 3.06. The summed E-state index contributed by atoms with van der Waals surface area (Å²) < 4.78 is 44.8. The van der Waals surface area contributed by atoms with Gasteiger partial charge in [0, 0.05) is 43.1 Å². The van der Waals surface area contributed by atoms with Gasteiger partial charge in [-0.05, 0) is 73.8 Å². The molecule has 1 N–H and O–H groups in total. The Labute approximate surface area is 272 Å². The highest BCUT2D eigenvalue weighted by atomic mass is 19.1. The van der Waals surface area contributed by atoms with Crippen LogP contribution >= 0.6 is 0 Å². The number of rotatable bonds is 14. The first-order valence-electron chi connectivity index (χ1n) is 15.0. The largest absolute Gasteiger partial charge is 0.497 e. The number of carbonyl (C=O) groups excluding carboxylic acids is 2. The number of amides is 2. The first kappa shape index (κ1) is 34.6. The Morgan fingerprint density at radius 1 is 0.894 bits per heavy atom. The van der Waals surface area contributed by atoms with E-state index < -0.39 is 23.5 Å². The van der Waals surface area contributed by atoms with Gasteiger partial charge in [-0.2, -0.15) is 4.98 Å². The summed E-state index contributed by atoms with van der Waals surface area (Å²) in [6.45, 7) is 7.23. The van der Waals surface area contributed by atoms with Crippen LogP contribution in [0.1, 0.15) is 29.8 Å². The number of para-hydroxylation sites is 1. The molecule has 1 heterocycles. The zero-order chi connectivity index (χ0) is 33.9. The second kappa shape index (κ2) is 16.3. The van der Waals surface area contributed by atoms with Crippen LogP contribution in [-0.4, -0.2) is 79.2 Å². The average Bonchev–Trinajstić information content (AvgIpc) is 3.09. The number of hydrogen-bond donors (Lipinski definition) is 1. The van der Waals surface area contributed by atoms with Gasteiger partial charge in [0.1, 0.15) is 17.3 Å². The molecule has 0 spiro atoms. The maximum atomic E-state index is 14.4. The average molecular weight is 649 g/mol. The minimum atomic E-state index is -1.10. The van der Waals surface area contributed by atoms with Gasteiger partial charge in [-0.15, -0.1) is 0 Å². The Morgan fingerprint density at radius 3 is 2.23 bits per heavy atom. The summed E-state index contributed by atoms with van der Waals surface area (Å²) in [5.74, 6) is -1.92. The van der Waals surface area contributed by atoms with Crippen molar-refractivity contribution in [1.82, 2.24) is 19.8 Å². The predicted octanol–water partition coefficient (Wildman–Crippen LogP) is 6.14. The van der Waals surface area contributed by atoms with Crippen molar-refractivity contribution >= 4 is 29.5 Å². The Hall–Kier alpha value is -5.30. The number of methoxy groups -OCH3 is 2. The number of hydrogen-bond acceptors (Lipinski definition) is 9. The van der Waals surface area contributed by atoms with Crippen LogP contribution in [0.25, 0.3) is 0 Å². The monoisotopic (exact) mass is 648 g/mol. The van der Waals surface area contributed by atoms with Crippen LogP contribution in [0, 0.1) is 11.6 Å². The SMILES string of the molecule is CCN(CC)CCN(C)C(=O)c1ccc(Nc2nccc(N(Cc3cc(OC)ccc3OC)C(=O)Oc3c(F)cccc3F)n2)cc1. The third kappa shape index (κ3) is 8.91. The van der Waals surface area contributed by atoms with Gasteiger partial charge in [0.15, 0.2) is 11.6 Å². The number of anilines is 3. The fourth-order valence-corrected chi connectivity index (χ4v) is 4.68. The van der Waals surface area contributed by atoms with Crippen molar-refractivity contribution < 1.29 is 32.6 Å². The Kier molecular flexibility index (Phi) is 12.0. The zero-order valence-corrected chi connectivity index (χ0v) is 27.0. The number of aromatic nitrogens is 2. The van der Waals surface area contributed by atoms with E-state index in [0.717, 1.165) is 42.7 Å². The molecule has 47 heavy (non-hydrogen) atoms. The number of halogens is 2. The van der Waals surface area contributed by atoms with Crippen LogP contribution in [0.15, 0.2) is 72.9 Å². The van der Waals surface area contributed by atoms with Crippen LogP contribution in [0.4, 0.5) is 31.0 Å². The third-order valence-electron chi connectivity index (χ3n) is 7.44. The van der Waals surface area contributed by atoms with Gasteiger partial charge in [0.2, 0.25) is 11.7 Å². The number of nitrogens with one attached hydrogen (secondary N) is 1. The van der Waals surface area contributed by atoms with Crippen molar-refractivity contribution in [3.63, 3.8) is 0 Å². The quantitative estimate of drug-likeness (QED) is 0.173. The first-order chi connectivity index (χ1) is 22.7. The van der Waals surface area contributed by atoms with Crippen LogP contribution in [0.5, 0.6) is 17.2 Å². The van der Waals surface area contributed by atoms with E-state index >= 15 is 0 Å². The molecule has 0 aliphatic rings. The molecular weight excluding hydrogens is 610 g/mol. The third-order valence-corrected chi connectivity index (χ3v) is 7.44. The second-order valence-corrected chi connectivity index (χ2v) is 10.4. The highest BCUT2D eigenvalue weighted by molar-refractivity contribution is 5.94. The molecule has 0 radical (unpaired) electrons. The van der Waals surface area contributed by atoms with E-state index in [2.05, 4.69) is 34.0 Å². The van der Waals surface area contributed by atoms with Gasteiger partial charge >= 0.3 is 6.09 Å². The molecule has 248 valence electrons. The van der Waals surface area contributed by atoms with Gasteiger partial charge in [-0.25, -0.2) is 18.6 Å². The molecule has 4 aromatic rings. The van der Waals surface area contributed by atoms with Gasteiger partial charge in [-0.1, -0.05) is 19.9 Å². The lowest BCUT2D eigenvalue weighted by atomic mass is 10.1. The van der Waals surface area contributed by atoms with Gasteiger partial charge in [0.05, 0.1) is 20.8 Å². The molecule has 0 saturated heterocycles. The summed E-state index contributed by atoms with van der Waals surface area (Å²) in [5.41, 5.74) is 1.61. The molecule has 0 fully saturated rings. The molecule has 2 amide bonds. The fourth-order valence-electron chi connectivity index (χ4n) is 4.68. The highest BCUT2D eigenvalue weighted by Crippen LogP contribution is 2.29. The van der Waals surface area contributed by atoms with Crippen LogP contribution in [0.2, 0.25) is 0 Å². The summed E-state index contributed by atoms with van der Waals surface area (Å²) in [4.78, 5) is 40.2. The number of benzene rings is 3. The fraction of sp³-hybridized carbons (Fsp3) is 0.294. The van der Waals surface area contributed by atoms with Crippen LogP contribution in [-0.2, 0) is 6.54 Å². The second-order valence-electron chi connectivity index (χ2n) is 10.4. The number of ether oxygens (including phenoxy) is 3. The smallest absolute Gasteiger partial charge is 0.421 e. The van der Waals surface area contributed by atoms with E-state index in [0.29, 0.717) is 34.9 Å². The maximum Gasteiger partial charge on any atom is 0.421 e. The molecule has 11 nitrogen and oxygen atoms in total. The summed E-state index contributed by atoms with van der Waals surface area (Å²) in [6, 6.07) is 16.4. The number of carbonyl (C=O) groups is 2. The predicted molar refractivity (Wildman–Crippen MR) is 175 cm³/mol. The van der Waals surface area contributed by atoms with Crippen molar-refractivity contribution in [2.75, 3.05) is 57.7 Å². The lowest BCUT2D eigenvalue weighted by Crippen LogP contribution is -2.36. The Balaban J connectivity index is 1.57. The van der Waals surface area contributed by atoms with E-state index in [-0.39, 0.29) is 24.2 Å². The van der Waals surface area contributed by atoms with Gasteiger partial charge in [-0.3, -0.25) is 9.69 Å². The molecule has 0 atom stereocenters.